The van der Waals surface area contributed by atoms with Gasteiger partial charge in [0.15, 0.2) is 5.72 Å². The second-order valence-electron chi connectivity index (χ2n) is 4.21. The summed E-state index contributed by atoms with van der Waals surface area (Å²) in [6, 6.07) is 1.60. The molecule has 0 bridgehead atoms. The van der Waals surface area contributed by atoms with Crippen LogP contribution in [0.1, 0.15) is 29.8 Å². The molecule has 0 radical (unpaired) electrons. The van der Waals surface area contributed by atoms with Gasteiger partial charge in [-0.15, -0.1) is 0 Å². The Labute approximate surface area is 95.4 Å². The third-order valence-electron chi connectivity index (χ3n) is 3.34. The summed E-state index contributed by atoms with van der Waals surface area (Å²) in [5.74, 6) is -0.0997. The first kappa shape index (κ1) is 9.42. The highest BCUT2D eigenvalue weighted by atomic mass is 79.9. The van der Waals surface area contributed by atoms with Crippen molar-refractivity contribution >= 4 is 21.8 Å². The highest BCUT2D eigenvalue weighted by Crippen LogP contribution is 2.39. The molecule has 0 spiro atoms. The van der Waals surface area contributed by atoms with E-state index >= 15 is 0 Å². The van der Waals surface area contributed by atoms with E-state index in [0.717, 1.165) is 17.3 Å². The molecule has 2 unspecified atom stereocenters. The molecule has 2 atom stereocenters. The van der Waals surface area contributed by atoms with Crippen molar-refractivity contribution in [2.75, 3.05) is 0 Å². The molecular formula is C10H11BrN2O2. The molecule has 2 aliphatic rings. The predicted molar refractivity (Wildman–Crippen MR) is 57.4 cm³/mol. The number of carbonyl (C=O) groups is 1. The summed E-state index contributed by atoms with van der Waals surface area (Å²) in [5, 5.41) is 13.4. The number of halogens is 1. The van der Waals surface area contributed by atoms with Gasteiger partial charge in [0.1, 0.15) is 5.69 Å². The fourth-order valence-electron chi connectivity index (χ4n) is 2.61. The van der Waals surface area contributed by atoms with Crippen molar-refractivity contribution in [3.05, 3.63) is 22.4 Å². The Balaban J connectivity index is 2.21. The van der Waals surface area contributed by atoms with Crippen LogP contribution >= 0.6 is 15.9 Å². The zero-order valence-electron chi connectivity index (χ0n) is 8.03. The molecule has 1 amide bonds. The van der Waals surface area contributed by atoms with Gasteiger partial charge in [-0.1, -0.05) is 0 Å². The lowest BCUT2D eigenvalue weighted by molar-refractivity contribution is -0.0609. The number of aromatic nitrogens is 1. The van der Waals surface area contributed by atoms with Crippen molar-refractivity contribution < 1.29 is 9.90 Å². The van der Waals surface area contributed by atoms with Crippen molar-refractivity contribution in [2.24, 2.45) is 0 Å². The number of aliphatic hydroxyl groups is 1. The molecular weight excluding hydrogens is 260 g/mol. The molecule has 0 aromatic carbocycles. The van der Waals surface area contributed by atoms with E-state index < -0.39 is 5.72 Å². The van der Waals surface area contributed by atoms with Gasteiger partial charge >= 0.3 is 0 Å². The monoisotopic (exact) mass is 270 g/mol. The number of fused-ring (bicyclic) bond motifs is 3. The van der Waals surface area contributed by atoms with Crippen molar-refractivity contribution in [3.8, 4) is 0 Å². The standard InChI is InChI=1S/C10H11BrN2O2/c11-6-4-7-9(14)12-8-2-1-3-10(8,15)13(7)5-6/h4-5,8,15H,1-3H2,(H,12,14). The van der Waals surface area contributed by atoms with Crippen LogP contribution in [0.5, 0.6) is 0 Å². The first-order valence-electron chi connectivity index (χ1n) is 5.03. The molecule has 1 aliphatic heterocycles. The van der Waals surface area contributed by atoms with Gasteiger partial charge in [0.2, 0.25) is 0 Å². The van der Waals surface area contributed by atoms with Gasteiger partial charge in [0.05, 0.1) is 6.04 Å². The molecule has 3 rings (SSSR count). The van der Waals surface area contributed by atoms with E-state index in [0.29, 0.717) is 12.1 Å². The lowest BCUT2D eigenvalue weighted by Crippen LogP contribution is -2.56. The molecule has 80 valence electrons. The zero-order valence-corrected chi connectivity index (χ0v) is 9.62. The average molecular weight is 271 g/mol. The van der Waals surface area contributed by atoms with Crippen LogP contribution in [0.25, 0.3) is 0 Å². The second kappa shape index (κ2) is 2.86. The Morgan fingerprint density at radius 2 is 2.47 bits per heavy atom. The van der Waals surface area contributed by atoms with Crippen LogP contribution in [0.4, 0.5) is 0 Å². The minimum Gasteiger partial charge on any atom is -0.368 e. The van der Waals surface area contributed by atoms with Crippen molar-refractivity contribution in [3.63, 3.8) is 0 Å². The molecule has 1 fully saturated rings. The summed E-state index contributed by atoms with van der Waals surface area (Å²) in [6.07, 6.45) is 4.27. The predicted octanol–water partition coefficient (Wildman–Crippen LogP) is 1.19. The highest BCUT2D eigenvalue weighted by molar-refractivity contribution is 9.10. The van der Waals surface area contributed by atoms with Gasteiger partial charge in [0.25, 0.3) is 5.91 Å². The van der Waals surface area contributed by atoms with E-state index in [2.05, 4.69) is 21.2 Å². The SMILES string of the molecule is O=C1NC2CCCC2(O)n2cc(Br)cc21. The zero-order chi connectivity index (χ0) is 10.6. The third kappa shape index (κ3) is 1.13. The molecule has 2 heterocycles. The maximum atomic E-state index is 11.7. The van der Waals surface area contributed by atoms with Crippen LogP contribution in [0.15, 0.2) is 16.7 Å². The summed E-state index contributed by atoms with van der Waals surface area (Å²) in [5.41, 5.74) is -0.391. The van der Waals surface area contributed by atoms with Crippen LogP contribution in [-0.2, 0) is 5.72 Å². The topological polar surface area (TPSA) is 54.3 Å². The smallest absolute Gasteiger partial charge is 0.268 e. The number of rotatable bonds is 0. The van der Waals surface area contributed by atoms with Crippen LogP contribution in [0, 0.1) is 0 Å². The molecule has 1 saturated carbocycles. The van der Waals surface area contributed by atoms with Gasteiger partial charge in [-0.3, -0.25) is 4.79 Å². The molecule has 1 aromatic rings. The Morgan fingerprint density at radius 1 is 1.67 bits per heavy atom. The summed E-state index contributed by atoms with van der Waals surface area (Å²) in [4.78, 5) is 11.7. The second-order valence-corrected chi connectivity index (χ2v) is 5.13. The van der Waals surface area contributed by atoms with Gasteiger partial charge in [-0.25, -0.2) is 0 Å². The molecule has 0 saturated heterocycles. The number of amides is 1. The number of carbonyl (C=O) groups excluding carboxylic acids is 1. The lowest BCUT2D eigenvalue weighted by Gasteiger charge is -2.37. The van der Waals surface area contributed by atoms with Crippen LogP contribution < -0.4 is 5.32 Å². The van der Waals surface area contributed by atoms with E-state index in [4.69, 9.17) is 0 Å². The largest absolute Gasteiger partial charge is 0.368 e. The Bertz CT molecular complexity index is 443. The van der Waals surface area contributed by atoms with Gasteiger partial charge < -0.3 is 15.0 Å². The fourth-order valence-corrected chi connectivity index (χ4v) is 3.03. The van der Waals surface area contributed by atoms with E-state index in [9.17, 15) is 9.90 Å². The number of hydrogen-bond acceptors (Lipinski definition) is 2. The molecule has 5 heteroatoms. The highest BCUT2D eigenvalue weighted by Gasteiger charge is 2.48. The summed E-state index contributed by atoms with van der Waals surface area (Å²) >= 11 is 3.33. The third-order valence-corrected chi connectivity index (χ3v) is 3.77. The van der Waals surface area contributed by atoms with Crippen LogP contribution in [0.3, 0.4) is 0 Å². The summed E-state index contributed by atoms with van der Waals surface area (Å²) < 4.78 is 2.53. The fraction of sp³-hybridized carbons (Fsp3) is 0.500. The van der Waals surface area contributed by atoms with Gasteiger partial charge in [-0.05, 0) is 41.3 Å². The number of nitrogens with one attached hydrogen (secondary N) is 1. The van der Waals surface area contributed by atoms with E-state index in [1.807, 2.05) is 0 Å². The first-order valence-corrected chi connectivity index (χ1v) is 5.82. The van der Waals surface area contributed by atoms with Crippen molar-refractivity contribution in [1.29, 1.82) is 0 Å². The summed E-state index contributed by atoms with van der Waals surface area (Å²) in [7, 11) is 0. The number of hydrogen-bond donors (Lipinski definition) is 2. The number of nitrogens with zero attached hydrogens (tertiary/aromatic N) is 1. The maximum absolute atomic E-state index is 11.7. The van der Waals surface area contributed by atoms with Crippen LogP contribution in [0.2, 0.25) is 0 Å². The van der Waals surface area contributed by atoms with E-state index in [1.54, 1.807) is 16.8 Å². The minimum atomic E-state index is -0.921. The quantitative estimate of drug-likeness (QED) is 0.744. The molecule has 1 aliphatic carbocycles. The minimum absolute atomic E-state index is 0.0997. The van der Waals surface area contributed by atoms with Gasteiger partial charge in [0, 0.05) is 10.7 Å². The molecule has 1 aromatic heterocycles. The average Bonchev–Trinajstić information content (AvgIpc) is 2.71. The van der Waals surface area contributed by atoms with E-state index in [-0.39, 0.29) is 11.9 Å². The Kier molecular flexibility index (Phi) is 1.79. The van der Waals surface area contributed by atoms with Crippen molar-refractivity contribution in [1.82, 2.24) is 9.88 Å². The normalized spacial score (nSPS) is 33.5. The molecule has 15 heavy (non-hydrogen) atoms. The Morgan fingerprint density at radius 3 is 3.27 bits per heavy atom. The van der Waals surface area contributed by atoms with Crippen molar-refractivity contribution in [2.45, 2.75) is 31.0 Å². The van der Waals surface area contributed by atoms with E-state index in [1.165, 1.54) is 0 Å². The van der Waals surface area contributed by atoms with Crippen LogP contribution in [-0.4, -0.2) is 21.6 Å². The maximum Gasteiger partial charge on any atom is 0.268 e. The Hall–Kier alpha value is -0.810. The molecule has 4 nitrogen and oxygen atoms in total. The lowest BCUT2D eigenvalue weighted by atomic mass is 10.0. The molecule has 2 N–H and O–H groups in total. The van der Waals surface area contributed by atoms with Gasteiger partial charge in [-0.2, -0.15) is 0 Å². The first-order chi connectivity index (χ1) is 7.11. The summed E-state index contributed by atoms with van der Waals surface area (Å²) in [6.45, 7) is 0.